The van der Waals surface area contributed by atoms with Crippen molar-refractivity contribution in [3.8, 4) is 22.6 Å². The van der Waals surface area contributed by atoms with Crippen LogP contribution in [0.5, 0.6) is 11.5 Å². The Labute approximate surface area is 321 Å². The molecule has 0 spiro atoms. The first kappa shape index (κ1) is 38.9. The summed E-state index contributed by atoms with van der Waals surface area (Å²) in [5.74, 6) is -1.62. The quantitative estimate of drug-likeness (QED) is 0.0920. The minimum atomic E-state index is -4.04. The molecule has 2 amide bonds. The van der Waals surface area contributed by atoms with Crippen LogP contribution in [0.25, 0.3) is 11.1 Å². The average molecular weight is 799 g/mol. The lowest BCUT2D eigenvalue weighted by Crippen LogP contribution is -2.15. The van der Waals surface area contributed by atoms with Crippen molar-refractivity contribution in [1.82, 2.24) is 0 Å². The Morgan fingerprint density at radius 3 is 1.23 bits per heavy atom. The Morgan fingerprint density at radius 2 is 0.875 bits per heavy atom. The number of halogens is 2. The zero-order chi connectivity index (χ0) is 40.0. The number of carbonyl (C=O) groups excluding carboxylic acids is 2. The number of benzene rings is 6. The van der Waals surface area contributed by atoms with Crippen molar-refractivity contribution in [3.63, 3.8) is 0 Å². The Bertz CT molecular complexity index is 2470. The minimum absolute atomic E-state index is 0.123. The minimum Gasteiger partial charge on any atom is -0.495 e. The molecule has 0 unspecified atom stereocenters. The van der Waals surface area contributed by atoms with Gasteiger partial charge >= 0.3 is 0 Å². The molecule has 0 aliphatic rings. The normalized spacial score (nSPS) is 11.3. The van der Waals surface area contributed by atoms with Crippen LogP contribution in [0.4, 0.5) is 31.5 Å². The Kier molecular flexibility index (Phi) is 11.3. The van der Waals surface area contributed by atoms with Crippen LogP contribution in [0.3, 0.4) is 0 Å². The molecule has 0 radical (unpaired) electrons. The second-order valence-electron chi connectivity index (χ2n) is 12.0. The van der Waals surface area contributed by atoms with Crippen LogP contribution in [0.15, 0.2) is 143 Å². The van der Waals surface area contributed by atoms with Crippen molar-refractivity contribution in [2.75, 3.05) is 34.3 Å². The molecule has 6 rings (SSSR count). The molecule has 0 aliphatic carbocycles. The van der Waals surface area contributed by atoms with E-state index in [2.05, 4.69) is 20.1 Å². The summed E-state index contributed by atoms with van der Waals surface area (Å²) in [6.45, 7) is 0. The van der Waals surface area contributed by atoms with Crippen molar-refractivity contribution in [2.45, 2.75) is 9.79 Å². The zero-order valence-corrected chi connectivity index (χ0v) is 31.2. The summed E-state index contributed by atoms with van der Waals surface area (Å²) in [7, 11) is -5.22. The highest BCUT2D eigenvalue weighted by Crippen LogP contribution is 2.35. The molecule has 56 heavy (non-hydrogen) atoms. The van der Waals surface area contributed by atoms with Crippen LogP contribution in [0, 0.1) is 11.6 Å². The molecular formula is C40H32F2N4O8S2. The predicted molar refractivity (Wildman–Crippen MR) is 208 cm³/mol. The molecule has 0 bridgehead atoms. The number of hydrogen-bond donors (Lipinski definition) is 4. The molecule has 0 fully saturated rings. The number of amides is 2. The molecule has 0 aromatic heterocycles. The highest BCUT2D eigenvalue weighted by atomic mass is 32.2. The molecule has 286 valence electrons. The molecule has 0 aliphatic heterocycles. The van der Waals surface area contributed by atoms with Gasteiger partial charge in [0.25, 0.3) is 31.9 Å². The van der Waals surface area contributed by atoms with E-state index < -0.39 is 43.5 Å². The summed E-state index contributed by atoms with van der Waals surface area (Å²) in [5, 5.41) is 5.55. The molecule has 0 saturated heterocycles. The zero-order valence-electron chi connectivity index (χ0n) is 29.5. The van der Waals surface area contributed by atoms with Gasteiger partial charge in [-0.1, -0.05) is 24.3 Å². The molecule has 0 heterocycles. The van der Waals surface area contributed by atoms with E-state index in [1.165, 1.54) is 62.8 Å². The van der Waals surface area contributed by atoms with Gasteiger partial charge in [-0.15, -0.1) is 0 Å². The first-order chi connectivity index (χ1) is 26.7. The number of hydrogen-bond acceptors (Lipinski definition) is 8. The van der Waals surface area contributed by atoms with Crippen LogP contribution < -0.4 is 29.6 Å². The fraction of sp³-hybridized carbons (Fsp3) is 0.0500. The average Bonchev–Trinajstić information content (AvgIpc) is 3.18. The molecule has 0 atom stereocenters. The van der Waals surface area contributed by atoms with Crippen LogP contribution in [0.2, 0.25) is 0 Å². The van der Waals surface area contributed by atoms with Crippen molar-refractivity contribution >= 4 is 54.6 Å². The van der Waals surface area contributed by atoms with Crippen LogP contribution in [-0.2, 0) is 20.0 Å². The number of methoxy groups -OCH3 is 2. The van der Waals surface area contributed by atoms with Gasteiger partial charge in [0, 0.05) is 22.5 Å². The summed E-state index contributed by atoms with van der Waals surface area (Å²) in [5.41, 5.74) is 2.55. The van der Waals surface area contributed by atoms with Gasteiger partial charge in [-0.3, -0.25) is 19.0 Å². The van der Waals surface area contributed by atoms with Gasteiger partial charge in [0.05, 0.1) is 35.4 Å². The molecule has 16 heteroatoms. The summed E-state index contributed by atoms with van der Waals surface area (Å²) >= 11 is 0. The molecule has 6 aromatic carbocycles. The highest BCUT2D eigenvalue weighted by molar-refractivity contribution is 7.93. The lowest BCUT2D eigenvalue weighted by molar-refractivity contribution is 0.101. The van der Waals surface area contributed by atoms with Gasteiger partial charge < -0.3 is 20.1 Å². The first-order valence-electron chi connectivity index (χ1n) is 16.5. The highest BCUT2D eigenvalue weighted by Gasteiger charge is 2.19. The number of ether oxygens (including phenoxy) is 2. The lowest BCUT2D eigenvalue weighted by atomic mass is 10.0. The van der Waals surface area contributed by atoms with E-state index in [0.717, 1.165) is 48.5 Å². The molecule has 4 N–H and O–H groups in total. The second-order valence-corrected chi connectivity index (χ2v) is 15.4. The van der Waals surface area contributed by atoms with Gasteiger partial charge in [-0.25, -0.2) is 25.6 Å². The second kappa shape index (κ2) is 16.3. The van der Waals surface area contributed by atoms with E-state index in [4.69, 9.17) is 9.47 Å². The Hall–Kier alpha value is -6.78. The van der Waals surface area contributed by atoms with E-state index >= 15 is 0 Å². The number of sulfonamides is 2. The maximum absolute atomic E-state index is 13.3. The summed E-state index contributed by atoms with van der Waals surface area (Å²) < 4.78 is 93.6. The van der Waals surface area contributed by atoms with Gasteiger partial charge in [0.2, 0.25) is 0 Å². The van der Waals surface area contributed by atoms with E-state index in [1.807, 2.05) is 0 Å². The van der Waals surface area contributed by atoms with Crippen molar-refractivity contribution in [1.29, 1.82) is 0 Å². The molecular weight excluding hydrogens is 767 g/mol. The van der Waals surface area contributed by atoms with E-state index in [1.54, 1.807) is 36.4 Å². The van der Waals surface area contributed by atoms with Crippen LogP contribution in [0.1, 0.15) is 20.7 Å². The van der Waals surface area contributed by atoms with E-state index in [0.29, 0.717) is 34.0 Å². The number of nitrogens with one attached hydrogen (secondary N) is 4. The Morgan fingerprint density at radius 1 is 0.500 bits per heavy atom. The van der Waals surface area contributed by atoms with Gasteiger partial charge in [0.15, 0.2) is 0 Å². The fourth-order valence-corrected chi connectivity index (χ4v) is 7.54. The third-order valence-electron chi connectivity index (χ3n) is 8.23. The number of rotatable bonds is 13. The topological polar surface area (TPSA) is 169 Å². The third kappa shape index (κ3) is 9.11. The van der Waals surface area contributed by atoms with Crippen molar-refractivity contribution in [3.05, 3.63) is 156 Å². The SMILES string of the molecule is COc1cc(-c2ccc(NC(=O)c3cccc(NS(=O)(=O)c4ccc(F)cc4)c3)c(OC)c2)ccc1NC(=O)c1cccc(NS(=O)(=O)c2ccc(F)cc2)c1. The van der Waals surface area contributed by atoms with Gasteiger partial charge in [-0.05, 0) is 120 Å². The summed E-state index contributed by atoms with van der Waals surface area (Å²) in [4.78, 5) is 26.2. The fourth-order valence-electron chi connectivity index (χ4n) is 5.44. The third-order valence-corrected chi connectivity index (χ3v) is 11.0. The monoisotopic (exact) mass is 798 g/mol. The largest absolute Gasteiger partial charge is 0.495 e. The van der Waals surface area contributed by atoms with Gasteiger partial charge in [0.1, 0.15) is 23.1 Å². The van der Waals surface area contributed by atoms with Crippen molar-refractivity contribution in [2.24, 2.45) is 0 Å². The Balaban J connectivity index is 1.14. The van der Waals surface area contributed by atoms with E-state index in [-0.39, 0.29) is 32.3 Å². The first-order valence-corrected chi connectivity index (χ1v) is 19.5. The number of carbonyl (C=O) groups is 2. The molecule has 6 aromatic rings. The van der Waals surface area contributed by atoms with Crippen molar-refractivity contribution < 1.29 is 44.7 Å². The predicted octanol–water partition coefficient (Wildman–Crippen LogP) is 7.76. The van der Waals surface area contributed by atoms with E-state index in [9.17, 15) is 35.2 Å². The maximum Gasteiger partial charge on any atom is 0.261 e. The number of anilines is 4. The maximum atomic E-state index is 13.3. The molecule has 12 nitrogen and oxygen atoms in total. The van der Waals surface area contributed by atoms with Crippen LogP contribution >= 0.6 is 0 Å². The lowest BCUT2D eigenvalue weighted by Gasteiger charge is -2.15. The van der Waals surface area contributed by atoms with Crippen LogP contribution in [-0.4, -0.2) is 42.9 Å². The summed E-state index contributed by atoms with van der Waals surface area (Å²) in [6, 6.07) is 30.5. The summed E-state index contributed by atoms with van der Waals surface area (Å²) in [6.07, 6.45) is 0. The molecule has 0 saturated carbocycles. The smallest absolute Gasteiger partial charge is 0.261 e. The standard InChI is InChI=1S/C40H32F2N4O8S2/c1-53-37-23-25(9-19-35(37)43-39(47)27-5-3-7-31(21-27)45-55(49,50)33-15-11-29(41)12-16-33)26-10-20-36(38(24-26)54-2)44-40(48)28-6-4-8-32(22-28)46-56(51,52)34-17-13-30(42)14-18-34/h3-24,45-46H,1-2H3,(H,43,47)(H,44,48). The van der Waals surface area contributed by atoms with Gasteiger partial charge in [-0.2, -0.15) is 0 Å².